The third kappa shape index (κ3) is 2.09. The van der Waals surface area contributed by atoms with Gasteiger partial charge in [-0.2, -0.15) is 0 Å². The number of hydrogen-bond acceptors (Lipinski definition) is 2. The van der Waals surface area contributed by atoms with E-state index >= 15 is 0 Å². The highest BCUT2D eigenvalue weighted by Gasteiger charge is 2.34. The first kappa shape index (κ1) is 10.2. The molecule has 0 radical (unpaired) electrons. The van der Waals surface area contributed by atoms with Gasteiger partial charge in [-0.05, 0) is 18.1 Å². The fourth-order valence-electron chi connectivity index (χ4n) is 1.59. The molecule has 72 valence electrons. The van der Waals surface area contributed by atoms with Gasteiger partial charge >= 0.3 is 0 Å². The van der Waals surface area contributed by atoms with Crippen LogP contribution in [0, 0.1) is 0 Å². The molecule has 1 heterocycles. The first-order chi connectivity index (χ1) is 5.76. The van der Waals surface area contributed by atoms with Gasteiger partial charge in [0.25, 0.3) is 0 Å². The molecule has 12 heavy (non-hydrogen) atoms. The van der Waals surface area contributed by atoms with Crippen molar-refractivity contribution in [2.24, 2.45) is 0 Å². The molecule has 0 bridgehead atoms. The molecule has 0 aliphatic carbocycles. The van der Waals surface area contributed by atoms with Crippen LogP contribution in [0.3, 0.4) is 0 Å². The molecule has 1 unspecified atom stereocenters. The molecule has 1 aliphatic heterocycles. The van der Waals surface area contributed by atoms with Crippen LogP contribution < -0.4 is 0 Å². The average Bonchev–Trinajstić information content (AvgIpc) is 2.05. The van der Waals surface area contributed by atoms with E-state index in [9.17, 15) is 0 Å². The SMILES string of the molecule is CC[Si](CC)(CC)OC1CCO1. The molecule has 0 amide bonds. The lowest BCUT2D eigenvalue weighted by molar-refractivity contribution is -0.171. The molecule has 0 aromatic carbocycles. The Morgan fingerprint density at radius 2 is 1.75 bits per heavy atom. The van der Waals surface area contributed by atoms with Crippen molar-refractivity contribution < 1.29 is 9.16 Å². The minimum atomic E-state index is -1.38. The first-order valence-electron chi connectivity index (χ1n) is 5.05. The Hall–Kier alpha value is 0.137. The zero-order valence-corrected chi connectivity index (χ0v) is 9.43. The highest BCUT2D eigenvalue weighted by molar-refractivity contribution is 6.73. The van der Waals surface area contributed by atoms with E-state index in [0.717, 1.165) is 13.0 Å². The van der Waals surface area contributed by atoms with Gasteiger partial charge in [0.15, 0.2) is 8.32 Å². The summed E-state index contributed by atoms with van der Waals surface area (Å²) in [4.78, 5) is 0. The Morgan fingerprint density at radius 1 is 1.25 bits per heavy atom. The second kappa shape index (κ2) is 4.39. The Balaban J connectivity index is 2.39. The highest BCUT2D eigenvalue weighted by Crippen LogP contribution is 2.27. The van der Waals surface area contributed by atoms with Gasteiger partial charge in [-0.15, -0.1) is 0 Å². The zero-order chi connectivity index (χ0) is 9.03. The van der Waals surface area contributed by atoms with E-state index in [0.29, 0.717) is 0 Å². The van der Waals surface area contributed by atoms with Crippen LogP contribution in [0.2, 0.25) is 18.1 Å². The van der Waals surface area contributed by atoms with Crippen molar-refractivity contribution in [2.45, 2.75) is 51.6 Å². The maximum Gasteiger partial charge on any atom is 0.195 e. The average molecular weight is 188 g/mol. The van der Waals surface area contributed by atoms with Crippen LogP contribution in [-0.2, 0) is 9.16 Å². The lowest BCUT2D eigenvalue weighted by Crippen LogP contribution is -2.44. The van der Waals surface area contributed by atoms with Gasteiger partial charge in [0.05, 0.1) is 6.61 Å². The van der Waals surface area contributed by atoms with Crippen LogP contribution in [0.1, 0.15) is 27.2 Å². The molecule has 1 fully saturated rings. The normalized spacial score (nSPS) is 23.8. The summed E-state index contributed by atoms with van der Waals surface area (Å²) in [5.74, 6) is 0. The smallest absolute Gasteiger partial charge is 0.195 e. The second-order valence-corrected chi connectivity index (χ2v) is 8.17. The fourth-order valence-corrected chi connectivity index (χ4v) is 4.33. The quantitative estimate of drug-likeness (QED) is 0.618. The summed E-state index contributed by atoms with van der Waals surface area (Å²) in [5, 5.41) is 0. The molecular formula is C9H20O2Si. The Morgan fingerprint density at radius 3 is 2.00 bits per heavy atom. The highest BCUT2D eigenvalue weighted by atomic mass is 28.4. The van der Waals surface area contributed by atoms with E-state index in [-0.39, 0.29) is 6.29 Å². The predicted molar refractivity (Wildman–Crippen MR) is 52.6 cm³/mol. The largest absolute Gasteiger partial charge is 0.392 e. The molecule has 0 N–H and O–H groups in total. The summed E-state index contributed by atoms with van der Waals surface area (Å²) in [6.45, 7) is 7.64. The molecule has 1 aliphatic rings. The fraction of sp³-hybridized carbons (Fsp3) is 1.00. The van der Waals surface area contributed by atoms with E-state index in [1.54, 1.807) is 0 Å². The third-order valence-electron chi connectivity index (χ3n) is 2.97. The molecule has 0 saturated carbocycles. The minimum absolute atomic E-state index is 0.150. The second-order valence-electron chi connectivity index (χ2n) is 3.45. The topological polar surface area (TPSA) is 18.5 Å². The van der Waals surface area contributed by atoms with Crippen LogP contribution in [0.5, 0.6) is 0 Å². The van der Waals surface area contributed by atoms with Crippen LogP contribution >= 0.6 is 0 Å². The number of rotatable bonds is 5. The zero-order valence-electron chi connectivity index (χ0n) is 8.43. The maximum absolute atomic E-state index is 6.04. The summed E-state index contributed by atoms with van der Waals surface area (Å²) >= 11 is 0. The van der Waals surface area contributed by atoms with Gasteiger partial charge in [0, 0.05) is 6.42 Å². The van der Waals surface area contributed by atoms with Gasteiger partial charge in [0.1, 0.15) is 6.29 Å². The van der Waals surface area contributed by atoms with Gasteiger partial charge in [-0.25, -0.2) is 0 Å². The van der Waals surface area contributed by atoms with E-state index in [1.165, 1.54) is 18.1 Å². The lowest BCUT2D eigenvalue weighted by Gasteiger charge is -2.37. The standard InChI is InChI=1S/C9H20O2Si/c1-4-12(5-2,6-3)11-9-7-8-10-9/h9H,4-8H2,1-3H3. The van der Waals surface area contributed by atoms with E-state index < -0.39 is 8.32 Å². The van der Waals surface area contributed by atoms with Gasteiger partial charge in [-0.3, -0.25) is 0 Å². The van der Waals surface area contributed by atoms with Gasteiger partial charge in [0.2, 0.25) is 0 Å². The molecule has 1 atom stereocenters. The summed E-state index contributed by atoms with van der Waals surface area (Å²) in [5.41, 5.74) is 0. The summed E-state index contributed by atoms with van der Waals surface area (Å²) in [6, 6.07) is 3.67. The van der Waals surface area contributed by atoms with Crippen LogP contribution in [0.4, 0.5) is 0 Å². The van der Waals surface area contributed by atoms with E-state index in [1.807, 2.05) is 0 Å². The van der Waals surface area contributed by atoms with E-state index in [2.05, 4.69) is 20.8 Å². The van der Waals surface area contributed by atoms with Crippen molar-refractivity contribution in [3.05, 3.63) is 0 Å². The Bertz CT molecular complexity index is 122. The summed E-state index contributed by atoms with van der Waals surface area (Å²) in [6.07, 6.45) is 1.26. The molecule has 0 aromatic rings. The van der Waals surface area contributed by atoms with E-state index in [4.69, 9.17) is 9.16 Å². The molecule has 3 heteroatoms. The molecule has 1 rings (SSSR count). The molecule has 0 aromatic heterocycles. The van der Waals surface area contributed by atoms with Gasteiger partial charge in [-0.1, -0.05) is 20.8 Å². The van der Waals surface area contributed by atoms with Crippen molar-refractivity contribution in [3.63, 3.8) is 0 Å². The monoisotopic (exact) mass is 188 g/mol. The van der Waals surface area contributed by atoms with Crippen molar-refractivity contribution in [2.75, 3.05) is 6.61 Å². The maximum atomic E-state index is 6.04. The molecule has 1 saturated heterocycles. The number of ether oxygens (including phenoxy) is 1. The van der Waals surface area contributed by atoms with Crippen LogP contribution in [0.25, 0.3) is 0 Å². The minimum Gasteiger partial charge on any atom is -0.392 e. The number of hydrogen-bond donors (Lipinski definition) is 0. The summed E-state index contributed by atoms with van der Waals surface area (Å²) < 4.78 is 11.3. The first-order valence-corrected chi connectivity index (χ1v) is 7.58. The van der Waals surface area contributed by atoms with Crippen LogP contribution in [-0.4, -0.2) is 21.2 Å². The summed E-state index contributed by atoms with van der Waals surface area (Å²) in [7, 11) is -1.38. The Kier molecular flexibility index (Phi) is 3.74. The van der Waals surface area contributed by atoms with Crippen molar-refractivity contribution in [1.82, 2.24) is 0 Å². The molecular weight excluding hydrogens is 168 g/mol. The van der Waals surface area contributed by atoms with Crippen molar-refractivity contribution >= 4 is 8.32 Å². The lowest BCUT2D eigenvalue weighted by atomic mass is 10.4. The van der Waals surface area contributed by atoms with Crippen LogP contribution in [0.15, 0.2) is 0 Å². The molecule has 2 nitrogen and oxygen atoms in total. The molecule has 0 spiro atoms. The van der Waals surface area contributed by atoms with Crippen molar-refractivity contribution in [1.29, 1.82) is 0 Å². The Labute approximate surface area is 76.4 Å². The third-order valence-corrected chi connectivity index (χ3v) is 7.60. The van der Waals surface area contributed by atoms with Gasteiger partial charge < -0.3 is 9.16 Å². The predicted octanol–water partition coefficient (Wildman–Crippen LogP) is 2.75. The van der Waals surface area contributed by atoms with Crippen molar-refractivity contribution in [3.8, 4) is 0 Å².